The van der Waals surface area contributed by atoms with Crippen molar-refractivity contribution in [1.82, 2.24) is 4.98 Å². The lowest BCUT2D eigenvalue weighted by atomic mass is 9.81. The fourth-order valence-corrected chi connectivity index (χ4v) is 3.03. The molecule has 1 aliphatic rings. The average Bonchev–Trinajstić information content (AvgIpc) is 2.34. The van der Waals surface area contributed by atoms with Crippen molar-refractivity contribution < 1.29 is 0 Å². The lowest BCUT2D eigenvalue weighted by Gasteiger charge is -2.27. The van der Waals surface area contributed by atoms with Gasteiger partial charge in [0.2, 0.25) is 0 Å². The van der Waals surface area contributed by atoms with Gasteiger partial charge in [-0.15, -0.1) is 11.6 Å². The van der Waals surface area contributed by atoms with E-state index in [0.29, 0.717) is 0 Å². The van der Waals surface area contributed by atoms with E-state index in [1.807, 2.05) is 12.1 Å². The van der Waals surface area contributed by atoms with Crippen molar-refractivity contribution in [2.45, 2.75) is 37.5 Å². The van der Waals surface area contributed by atoms with Crippen LogP contribution in [0.2, 0.25) is 0 Å². The van der Waals surface area contributed by atoms with Gasteiger partial charge in [0.1, 0.15) is 0 Å². The Morgan fingerprint density at radius 2 is 2.00 bits per heavy atom. The molecular formula is C16H18ClN. The summed E-state index contributed by atoms with van der Waals surface area (Å²) in [6.45, 7) is 0. The topological polar surface area (TPSA) is 12.9 Å². The summed E-state index contributed by atoms with van der Waals surface area (Å²) in [6.07, 6.45) is 6.17. The number of hydrogen-bond donors (Lipinski definition) is 0. The zero-order valence-corrected chi connectivity index (χ0v) is 11.2. The summed E-state index contributed by atoms with van der Waals surface area (Å²) in [5, 5.41) is 1.44. The van der Waals surface area contributed by atoms with Crippen LogP contribution in [0.3, 0.4) is 0 Å². The van der Waals surface area contributed by atoms with E-state index >= 15 is 0 Å². The molecule has 94 valence electrons. The van der Waals surface area contributed by atoms with Gasteiger partial charge in [-0.2, -0.15) is 0 Å². The minimum atomic E-state index is 0.240. The van der Waals surface area contributed by atoms with Crippen LogP contribution in [-0.4, -0.2) is 10.4 Å². The lowest BCUT2D eigenvalue weighted by Crippen LogP contribution is -2.17. The number of fused-ring (bicyclic) bond motifs is 1. The van der Waals surface area contributed by atoms with Crippen molar-refractivity contribution in [2.24, 2.45) is 5.92 Å². The van der Waals surface area contributed by atoms with Crippen molar-refractivity contribution in [3.63, 3.8) is 0 Å². The first-order valence-electron chi connectivity index (χ1n) is 6.80. The van der Waals surface area contributed by atoms with E-state index in [-0.39, 0.29) is 5.38 Å². The van der Waals surface area contributed by atoms with Crippen molar-refractivity contribution in [3.05, 3.63) is 42.1 Å². The van der Waals surface area contributed by atoms with Crippen molar-refractivity contribution in [2.75, 3.05) is 0 Å². The highest BCUT2D eigenvalue weighted by Crippen LogP contribution is 2.32. The smallest absolute Gasteiger partial charge is 0.0705 e. The molecule has 1 aromatic heterocycles. The van der Waals surface area contributed by atoms with Crippen LogP contribution in [0.15, 0.2) is 36.4 Å². The van der Waals surface area contributed by atoms with Gasteiger partial charge in [-0.3, -0.25) is 4.98 Å². The minimum Gasteiger partial charge on any atom is -0.253 e. The maximum Gasteiger partial charge on any atom is 0.0705 e. The normalized spacial score (nSPS) is 17.6. The molecule has 0 aliphatic heterocycles. The zero-order valence-electron chi connectivity index (χ0n) is 10.5. The highest BCUT2D eigenvalue weighted by Gasteiger charge is 2.21. The molecule has 1 aliphatic carbocycles. The average molecular weight is 260 g/mol. The second kappa shape index (κ2) is 5.27. The van der Waals surface area contributed by atoms with Gasteiger partial charge in [0.15, 0.2) is 0 Å². The number of pyridine rings is 1. The van der Waals surface area contributed by atoms with Gasteiger partial charge in [0, 0.05) is 22.9 Å². The fraction of sp³-hybridized carbons (Fsp3) is 0.438. The molecule has 3 rings (SSSR count). The Morgan fingerprint density at radius 3 is 2.78 bits per heavy atom. The molecule has 1 heterocycles. The number of aromatic nitrogens is 1. The first-order chi connectivity index (χ1) is 8.81. The summed E-state index contributed by atoms with van der Waals surface area (Å²) in [5.41, 5.74) is 2.19. The molecule has 0 radical (unpaired) electrons. The van der Waals surface area contributed by atoms with Crippen molar-refractivity contribution in [1.29, 1.82) is 0 Å². The molecule has 1 saturated carbocycles. The summed E-state index contributed by atoms with van der Waals surface area (Å²) >= 11 is 6.43. The van der Waals surface area contributed by atoms with Crippen molar-refractivity contribution in [3.8, 4) is 0 Å². The third kappa shape index (κ3) is 2.67. The van der Waals surface area contributed by atoms with E-state index in [1.54, 1.807) is 0 Å². The predicted molar refractivity (Wildman–Crippen MR) is 77.0 cm³/mol. The molecule has 18 heavy (non-hydrogen) atoms. The standard InChI is InChI=1S/C16H18ClN/c17-14(10-12-4-3-5-12)11-15-9-8-13-6-1-2-7-16(13)18-15/h1-2,6-9,12,14H,3-5,10-11H2. The largest absolute Gasteiger partial charge is 0.253 e. The number of para-hydroxylation sites is 1. The Balaban J connectivity index is 1.69. The Hall–Kier alpha value is -1.08. The monoisotopic (exact) mass is 259 g/mol. The van der Waals surface area contributed by atoms with Gasteiger partial charge in [0.05, 0.1) is 5.52 Å². The van der Waals surface area contributed by atoms with Crippen LogP contribution in [0.1, 0.15) is 31.4 Å². The third-order valence-electron chi connectivity index (χ3n) is 3.90. The molecule has 0 saturated heterocycles. The number of benzene rings is 1. The van der Waals surface area contributed by atoms with E-state index in [4.69, 9.17) is 11.6 Å². The zero-order chi connectivity index (χ0) is 12.4. The maximum atomic E-state index is 6.43. The highest BCUT2D eigenvalue weighted by molar-refractivity contribution is 6.20. The highest BCUT2D eigenvalue weighted by atomic mass is 35.5. The maximum absolute atomic E-state index is 6.43. The Labute approximate surface area is 113 Å². The van der Waals surface area contributed by atoms with Crippen LogP contribution in [0, 0.1) is 5.92 Å². The van der Waals surface area contributed by atoms with Crippen molar-refractivity contribution >= 4 is 22.5 Å². The number of hydrogen-bond acceptors (Lipinski definition) is 1. The van der Waals surface area contributed by atoms with Gasteiger partial charge in [0.25, 0.3) is 0 Å². The summed E-state index contributed by atoms with van der Waals surface area (Å²) in [7, 11) is 0. The summed E-state index contributed by atoms with van der Waals surface area (Å²) in [4.78, 5) is 4.68. The SMILES string of the molecule is ClC(Cc1ccc2ccccc2n1)CC1CCC1. The predicted octanol–water partition coefficient (Wildman–Crippen LogP) is 4.57. The molecule has 0 amide bonds. The van der Waals surface area contributed by atoms with E-state index in [2.05, 4.69) is 29.2 Å². The molecule has 1 atom stereocenters. The Morgan fingerprint density at radius 1 is 1.17 bits per heavy atom. The molecule has 0 bridgehead atoms. The first kappa shape index (κ1) is 12.0. The number of nitrogens with zero attached hydrogens (tertiary/aromatic N) is 1. The molecule has 0 spiro atoms. The van der Waals surface area contributed by atoms with Crippen LogP contribution >= 0.6 is 11.6 Å². The van der Waals surface area contributed by atoms with E-state index < -0.39 is 0 Å². The van der Waals surface area contributed by atoms with Gasteiger partial charge in [-0.25, -0.2) is 0 Å². The molecule has 1 nitrogen and oxygen atoms in total. The van der Waals surface area contributed by atoms with Gasteiger partial charge < -0.3 is 0 Å². The van der Waals surface area contributed by atoms with Crippen LogP contribution in [0.25, 0.3) is 10.9 Å². The second-order valence-electron chi connectivity index (χ2n) is 5.33. The molecular weight excluding hydrogens is 242 g/mol. The summed E-state index contributed by atoms with van der Waals surface area (Å²) in [5.74, 6) is 0.868. The number of halogens is 1. The van der Waals surface area contributed by atoms with Gasteiger partial charge >= 0.3 is 0 Å². The second-order valence-corrected chi connectivity index (χ2v) is 5.95. The molecule has 1 fully saturated rings. The fourth-order valence-electron chi connectivity index (χ4n) is 2.62. The minimum absolute atomic E-state index is 0.240. The van der Waals surface area contributed by atoms with Crippen LogP contribution < -0.4 is 0 Å². The molecule has 1 unspecified atom stereocenters. The number of alkyl halides is 1. The van der Waals surface area contributed by atoms with Gasteiger partial charge in [-0.05, 0) is 24.5 Å². The van der Waals surface area contributed by atoms with E-state index in [9.17, 15) is 0 Å². The molecule has 2 heteroatoms. The third-order valence-corrected chi connectivity index (χ3v) is 4.23. The first-order valence-corrected chi connectivity index (χ1v) is 7.23. The van der Waals surface area contributed by atoms with Gasteiger partial charge in [-0.1, -0.05) is 43.5 Å². The van der Waals surface area contributed by atoms with E-state index in [1.165, 1.54) is 24.6 Å². The summed E-state index contributed by atoms with van der Waals surface area (Å²) < 4.78 is 0. The van der Waals surface area contributed by atoms with Crippen LogP contribution in [0.4, 0.5) is 0 Å². The number of rotatable bonds is 4. The quantitative estimate of drug-likeness (QED) is 0.733. The van der Waals surface area contributed by atoms with E-state index in [0.717, 1.165) is 30.0 Å². The Kier molecular flexibility index (Phi) is 3.51. The molecule has 1 aromatic carbocycles. The molecule has 0 N–H and O–H groups in total. The Bertz CT molecular complexity index is 533. The van der Waals surface area contributed by atoms with Crippen LogP contribution in [-0.2, 0) is 6.42 Å². The lowest BCUT2D eigenvalue weighted by molar-refractivity contribution is 0.292. The molecule has 2 aromatic rings. The summed E-state index contributed by atoms with van der Waals surface area (Å²) in [6, 6.07) is 12.5. The van der Waals surface area contributed by atoms with Crippen LogP contribution in [0.5, 0.6) is 0 Å².